The van der Waals surface area contributed by atoms with E-state index in [1.165, 1.54) is 4.90 Å². The number of nitrogens with zero attached hydrogens (tertiary/aromatic N) is 2. The second-order valence-corrected chi connectivity index (χ2v) is 5.34. The number of terminal acetylenes is 1. The zero-order valence-electron chi connectivity index (χ0n) is 12.4. The highest BCUT2D eigenvalue weighted by Gasteiger charge is 2.36. The lowest BCUT2D eigenvalue weighted by molar-refractivity contribution is -0.153. The number of hydrogen-bond acceptors (Lipinski definition) is 2. The molecule has 1 aliphatic heterocycles. The first-order chi connectivity index (χ1) is 9.76. The normalized spacial score (nSPS) is 21.7. The van der Waals surface area contributed by atoms with Gasteiger partial charge in [-0.2, -0.15) is 13.2 Å². The molecule has 1 rings (SSSR count). The minimum Gasteiger partial charge on any atom is -0.334 e. The molecule has 2 atom stereocenters. The molecule has 0 spiro atoms. The summed E-state index contributed by atoms with van der Waals surface area (Å²) < 4.78 is 37.3. The van der Waals surface area contributed by atoms with Gasteiger partial charge in [0.05, 0.1) is 6.54 Å². The molecule has 0 unspecified atom stereocenters. The Morgan fingerprint density at radius 2 is 2.14 bits per heavy atom. The van der Waals surface area contributed by atoms with Crippen molar-refractivity contribution in [3.63, 3.8) is 0 Å². The molecule has 120 valence electrons. The Labute approximate surface area is 123 Å². The fourth-order valence-electron chi connectivity index (χ4n) is 2.35. The molecule has 0 aromatic carbocycles. The predicted octanol–water partition coefficient (Wildman–Crippen LogP) is 2.07. The van der Waals surface area contributed by atoms with Gasteiger partial charge in [-0.1, -0.05) is 6.92 Å². The first-order valence-electron chi connectivity index (χ1n) is 7.06. The van der Waals surface area contributed by atoms with Gasteiger partial charge >= 0.3 is 12.2 Å². The number of urea groups is 1. The Bertz CT molecular complexity index is 392. The molecule has 4 nitrogen and oxygen atoms in total. The van der Waals surface area contributed by atoms with Crippen LogP contribution >= 0.6 is 0 Å². The van der Waals surface area contributed by atoms with E-state index < -0.39 is 12.7 Å². The van der Waals surface area contributed by atoms with Crippen LogP contribution in [0.15, 0.2) is 0 Å². The number of piperazine rings is 1. The van der Waals surface area contributed by atoms with E-state index in [2.05, 4.69) is 11.2 Å². The van der Waals surface area contributed by atoms with Crippen LogP contribution < -0.4 is 5.32 Å². The maximum atomic E-state index is 12.4. The van der Waals surface area contributed by atoms with Crippen LogP contribution in [0.2, 0.25) is 0 Å². The molecule has 1 aliphatic rings. The number of alkyl halides is 3. The van der Waals surface area contributed by atoms with E-state index in [4.69, 9.17) is 6.42 Å². The molecule has 1 N–H and O–H groups in total. The molecular formula is C14H22F3N3O. The van der Waals surface area contributed by atoms with E-state index >= 15 is 0 Å². The third-order valence-corrected chi connectivity index (χ3v) is 3.62. The number of amides is 2. The van der Waals surface area contributed by atoms with Crippen LogP contribution in [-0.2, 0) is 0 Å². The van der Waals surface area contributed by atoms with Gasteiger partial charge in [0.2, 0.25) is 0 Å². The van der Waals surface area contributed by atoms with Gasteiger partial charge in [0, 0.05) is 38.1 Å². The van der Waals surface area contributed by atoms with Gasteiger partial charge in [0.25, 0.3) is 0 Å². The van der Waals surface area contributed by atoms with E-state index in [1.807, 2.05) is 6.92 Å². The number of hydrogen-bond donors (Lipinski definition) is 1. The maximum Gasteiger partial charge on any atom is 0.401 e. The molecule has 21 heavy (non-hydrogen) atoms. The molecule has 2 amide bonds. The SMILES string of the molecule is C#CC[C@@H](CC)NC(=O)N1CCN(CC(F)(F)F)[C@@H](C)C1. The quantitative estimate of drug-likeness (QED) is 0.807. The summed E-state index contributed by atoms with van der Waals surface area (Å²) in [5.74, 6) is 2.50. The van der Waals surface area contributed by atoms with Crippen molar-refractivity contribution < 1.29 is 18.0 Å². The largest absolute Gasteiger partial charge is 0.401 e. The van der Waals surface area contributed by atoms with E-state index in [0.29, 0.717) is 13.0 Å². The van der Waals surface area contributed by atoms with Crippen LogP contribution in [0.5, 0.6) is 0 Å². The van der Waals surface area contributed by atoms with Crippen molar-refractivity contribution >= 4 is 6.03 Å². The van der Waals surface area contributed by atoms with E-state index in [0.717, 1.165) is 6.42 Å². The highest BCUT2D eigenvalue weighted by Crippen LogP contribution is 2.20. The zero-order chi connectivity index (χ0) is 16.0. The predicted molar refractivity (Wildman–Crippen MR) is 74.7 cm³/mol. The van der Waals surface area contributed by atoms with Crippen molar-refractivity contribution in [2.75, 3.05) is 26.2 Å². The minimum absolute atomic E-state index is 0.0917. The fraction of sp³-hybridized carbons (Fsp3) is 0.786. The zero-order valence-corrected chi connectivity index (χ0v) is 12.4. The first-order valence-corrected chi connectivity index (χ1v) is 7.06. The van der Waals surface area contributed by atoms with Crippen LogP contribution in [0.4, 0.5) is 18.0 Å². The highest BCUT2D eigenvalue weighted by molar-refractivity contribution is 5.74. The number of halogens is 3. The summed E-state index contributed by atoms with van der Waals surface area (Å²) in [6.07, 6.45) is 2.19. The molecule has 0 saturated carbocycles. The lowest BCUT2D eigenvalue weighted by Gasteiger charge is -2.40. The first kappa shape index (κ1) is 17.6. The molecule has 7 heteroatoms. The average molecular weight is 305 g/mol. The van der Waals surface area contributed by atoms with Gasteiger partial charge in [0.1, 0.15) is 0 Å². The van der Waals surface area contributed by atoms with Crippen molar-refractivity contribution in [3.8, 4) is 12.3 Å². The smallest absolute Gasteiger partial charge is 0.334 e. The third kappa shape index (κ3) is 5.84. The summed E-state index contributed by atoms with van der Waals surface area (Å²) >= 11 is 0. The van der Waals surface area contributed by atoms with Crippen molar-refractivity contribution in [2.24, 2.45) is 0 Å². The van der Waals surface area contributed by atoms with Crippen molar-refractivity contribution in [2.45, 2.75) is 44.9 Å². The lowest BCUT2D eigenvalue weighted by Crippen LogP contribution is -2.58. The summed E-state index contributed by atoms with van der Waals surface area (Å²) in [7, 11) is 0. The Kier molecular flexibility index (Phi) is 6.34. The molecule has 0 bridgehead atoms. The monoisotopic (exact) mass is 305 g/mol. The Hall–Kier alpha value is -1.42. The van der Waals surface area contributed by atoms with Crippen molar-refractivity contribution in [3.05, 3.63) is 0 Å². The third-order valence-electron chi connectivity index (χ3n) is 3.62. The highest BCUT2D eigenvalue weighted by atomic mass is 19.4. The van der Waals surface area contributed by atoms with Gasteiger partial charge in [-0.15, -0.1) is 12.3 Å². The van der Waals surface area contributed by atoms with Crippen LogP contribution in [0.1, 0.15) is 26.7 Å². The van der Waals surface area contributed by atoms with Gasteiger partial charge < -0.3 is 10.2 Å². The standard InChI is InChI=1S/C14H22F3N3O/c1-4-6-12(5-2)18-13(21)19-7-8-20(11(3)9-19)10-14(15,16)17/h1,11-12H,5-10H2,2-3H3,(H,18,21)/t11-,12+/m0/s1. The van der Waals surface area contributed by atoms with E-state index in [-0.39, 0.29) is 31.2 Å². The van der Waals surface area contributed by atoms with Crippen LogP contribution in [0.25, 0.3) is 0 Å². The Morgan fingerprint density at radius 3 is 2.62 bits per heavy atom. The summed E-state index contributed by atoms with van der Waals surface area (Å²) in [4.78, 5) is 15.0. The minimum atomic E-state index is -4.21. The Morgan fingerprint density at radius 1 is 1.48 bits per heavy atom. The van der Waals surface area contributed by atoms with Crippen molar-refractivity contribution in [1.29, 1.82) is 0 Å². The van der Waals surface area contributed by atoms with Crippen molar-refractivity contribution in [1.82, 2.24) is 15.1 Å². The number of nitrogens with one attached hydrogen (secondary N) is 1. The average Bonchev–Trinajstić information content (AvgIpc) is 2.39. The van der Waals surface area contributed by atoms with Gasteiger partial charge in [-0.25, -0.2) is 4.79 Å². The molecule has 0 aromatic rings. The topological polar surface area (TPSA) is 35.6 Å². The number of carbonyl (C=O) groups excluding carboxylic acids is 1. The van der Waals surface area contributed by atoms with E-state index in [1.54, 1.807) is 11.8 Å². The molecule has 1 saturated heterocycles. The molecule has 1 fully saturated rings. The van der Waals surface area contributed by atoms with Gasteiger partial charge in [0.15, 0.2) is 0 Å². The lowest BCUT2D eigenvalue weighted by atomic mass is 10.1. The van der Waals surface area contributed by atoms with Gasteiger partial charge in [-0.05, 0) is 13.3 Å². The number of carbonyl (C=O) groups is 1. The van der Waals surface area contributed by atoms with Crippen LogP contribution in [0.3, 0.4) is 0 Å². The second kappa shape index (κ2) is 7.55. The summed E-state index contributed by atoms with van der Waals surface area (Å²) in [6, 6.07) is -0.666. The van der Waals surface area contributed by atoms with Gasteiger partial charge in [-0.3, -0.25) is 4.90 Å². The Balaban J connectivity index is 2.50. The molecule has 0 aliphatic carbocycles. The fourth-order valence-corrected chi connectivity index (χ4v) is 2.35. The van der Waals surface area contributed by atoms with Crippen LogP contribution in [-0.4, -0.2) is 60.3 Å². The molecule has 0 aromatic heterocycles. The molecule has 0 radical (unpaired) electrons. The molecular weight excluding hydrogens is 283 g/mol. The second-order valence-electron chi connectivity index (χ2n) is 5.34. The number of rotatable bonds is 4. The summed E-state index contributed by atoms with van der Waals surface area (Å²) in [6.45, 7) is 3.49. The summed E-state index contributed by atoms with van der Waals surface area (Å²) in [5, 5.41) is 2.82. The van der Waals surface area contributed by atoms with E-state index in [9.17, 15) is 18.0 Å². The maximum absolute atomic E-state index is 12.4. The van der Waals surface area contributed by atoms with Crippen LogP contribution in [0, 0.1) is 12.3 Å². The molecule has 1 heterocycles. The summed E-state index contributed by atoms with van der Waals surface area (Å²) in [5.41, 5.74) is 0.